The summed E-state index contributed by atoms with van der Waals surface area (Å²) in [5, 5.41) is 3.02. The Labute approximate surface area is 121 Å². The summed E-state index contributed by atoms with van der Waals surface area (Å²) in [5.74, 6) is 0.0547. The van der Waals surface area contributed by atoms with Crippen molar-refractivity contribution in [3.63, 3.8) is 0 Å². The number of anilines is 1. The quantitative estimate of drug-likeness (QED) is 0.884. The average Bonchev–Trinajstić information content (AvgIpc) is 2.43. The summed E-state index contributed by atoms with van der Waals surface area (Å²) in [5.41, 5.74) is 8.96. The Balaban J connectivity index is 1.96. The van der Waals surface area contributed by atoms with E-state index >= 15 is 0 Å². The van der Waals surface area contributed by atoms with Gasteiger partial charge in [-0.15, -0.1) is 0 Å². The summed E-state index contributed by atoms with van der Waals surface area (Å²) >= 11 is 0. The number of aryl methyl sites for hydroxylation is 2. The minimum atomic E-state index is 0.0547. The smallest absolute Gasteiger partial charge is 0.238 e. The van der Waals surface area contributed by atoms with Crippen molar-refractivity contribution in [2.24, 2.45) is 5.73 Å². The first-order valence-electron chi connectivity index (χ1n) is 7.41. The molecule has 110 valence electrons. The number of carbonyl (C=O) groups is 1. The lowest BCUT2D eigenvalue weighted by Crippen LogP contribution is -2.47. The Morgan fingerprint density at radius 2 is 2.20 bits per heavy atom. The van der Waals surface area contributed by atoms with Gasteiger partial charge in [-0.1, -0.05) is 18.6 Å². The van der Waals surface area contributed by atoms with Crippen molar-refractivity contribution in [2.45, 2.75) is 39.2 Å². The topological polar surface area (TPSA) is 58.4 Å². The molecule has 1 saturated heterocycles. The third-order valence-corrected chi connectivity index (χ3v) is 4.04. The molecule has 1 aromatic carbocycles. The van der Waals surface area contributed by atoms with Crippen LogP contribution in [0.1, 0.15) is 30.4 Å². The first-order valence-corrected chi connectivity index (χ1v) is 7.41. The standard InChI is InChI=1S/C16H25N3O/c1-12-6-7-13(2)15(9-12)18-16(20)11-19-8-4-3-5-14(19)10-17/h6-7,9,14H,3-5,8,10-11,17H2,1-2H3,(H,18,20). The van der Waals surface area contributed by atoms with Gasteiger partial charge in [0.05, 0.1) is 6.54 Å². The van der Waals surface area contributed by atoms with Crippen LogP contribution in [0.2, 0.25) is 0 Å². The van der Waals surface area contributed by atoms with E-state index in [1.807, 2.05) is 26.0 Å². The fourth-order valence-electron chi connectivity index (χ4n) is 2.78. The number of likely N-dealkylation sites (tertiary alicyclic amines) is 1. The number of piperidine rings is 1. The Morgan fingerprint density at radius 1 is 1.40 bits per heavy atom. The minimum Gasteiger partial charge on any atom is -0.329 e. The predicted molar refractivity (Wildman–Crippen MR) is 82.8 cm³/mol. The summed E-state index contributed by atoms with van der Waals surface area (Å²) < 4.78 is 0. The molecule has 1 amide bonds. The maximum atomic E-state index is 12.2. The van der Waals surface area contributed by atoms with Gasteiger partial charge in [-0.2, -0.15) is 0 Å². The van der Waals surface area contributed by atoms with Gasteiger partial charge in [0.25, 0.3) is 0 Å². The summed E-state index contributed by atoms with van der Waals surface area (Å²) in [4.78, 5) is 14.4. The lowest BCUT2D eigenvalue weighted by Gasteiger charge is -2.34. The van der Waals surface area contributed by atoms with E-state index in [0.717, 1.165) is 36.2 Å². The van der Waals surface area contributed by atoms with Crippen LogP contribution in [0.25, 0.3) is 0 Å². The maximum absolute atomic E-state index is 12.2. The van der Waals surface area contributed by atoms with Crippen molar-refractivity contribution < 1.29 is 4.79 Å². The van der Waals surface area contributed by atoms with E-state index < -0.39 is 0 Å². The van der Waals surface area contributed by atoms with E-state index in [1.54, 1.807) is 0 Å². The number of benzene rings is 1. The van der Waals surface area contributed by atoms with E-state index in [4.69, 9.17) is 5.73 Å². The molecule has 4 heteroatoms. The molecule has 1 unspecified atom stereocenters. The molecule has 1 aromatic rings. The highest BCUT2D eigenvalue weighted by molar-refractivity contribution is 5.93. The fraction of sp³-hybridized carbons (Fsp3) is 0.562. The highest BCUT2D eigenvalue weighted by Gasteiger charge is 2.23. The molecule has 1 atom stereocenters. The van der Waals surface area contributed by atoms with Crippen molar-refractivity contribution in [1.29, 1.82) is 0 Å². The van der Waals surface area contributed by atoms with Crippen molar-refractivity contribution in [2.75, 3.05) is 25.0 Å². The molecule has 20 heavy (non-hydrogen) atoms. The lowest BCUT2D eigenvalue weighted by atomic mass is 10.0. The number of hydrogen-bond acceptors (Lipinski definition) is 3. The number of carbonyl (C=O) groups excluding carboxylic acids is 1. The first-order chi connectivity index (χ1) is 9.60. The molecule has 1 aliphatic heterocycles. The van der Waals surface area contributed by atoms with Crippen LogP contribution in [0.4, 0.5) is 5.69 Å². The van der Waals surface area contributed by atoms with Gasteiger partial charge in [-0.25, -0.2) is 0 Å². The van der Waals surface area contributed by atoms with E-state index in [0.29, 0.717) is 19.1 Å². The molecule has 0 aliphatic carbocycles. The zero-order valence-corrected chi connectivity index (χ0v) is 12.5. The summed E-state index contributed by atoms with van der Waals surface area (Å²) in [6, 6.07) is 6.46. The van der Waals surface area contributed by atoms with Crippen molar-refractivity contribution >= 4 is 11.6 Å². The summed E-state index contributed by atoms with van der Waals surface area (Å²) in [7, 11) is 0. The van der Waals surface area contributed by atoms with Crippen LogP contribution in [0.15, 0.2) is 18.2 Å². The molecule has 0 bridgehead atoms. The largest absolute Gasteiger partial charge is 0.329 e. The van der Waals surface area contributed by atoms with Crippen LogP contribution < -0.4 is 11.1 Å². The van der Waals surface area contributed by atoms with Crippen LogP contribution in [-0.4, -0.2) is 36.5 Å². The number of nitrogens with zero attached hydrogens (tertiary/aromatic N) is 1. The second-order valence-electron chi connectivity index (χ2n) is 5.72. The Bertz CT molecular complexity index is 473. The molecule has 0 spiro atoms. The Hall–Kier alpha value is -1.39. The Morgan fingerprint density at radius 3 is 2.95 bits per heavy atom. The van der Waals surface area contributed by atoms with E-state index in [-0.39, 0.29) is 5.91 Å². The number of hydrogen-bond donors (Lipinski definition) is 2. The molecule has 0 aromatic heterocycles. The van der Waals surface area contributed by atoms with Crippen molar-refractivity contribution in [3.05, 3.63) is 29.3 Å². The highest BCUT2D eigenvalue weighted by atomic mass is 16.2. The van der Waals surface area contributed by atoms with Gasteiger partial charge in [0.15, 0.2) is 0 Å². The summed E-state index contributed by atoms with van der Waals surface area (Å²) in [6.45, 7) is 6.09. The lowest BCUT2D eigenvalue weighted by molar-refractivity contribution is -0.118. The van der Waals surface area contributed by atoms with E-state index in [1.165, 1.54) is 6.42 Å². The average molecular weight is 275 g/mol. The monoisotopic (exact) mass is 275 g/mol. The maximum Gasteiger partial charge on any atom is 0.238 e. The zero-order chi connectivity index (χ0) is 14.5. The van der Waals surface area contributed by atoms with Gasteiger partial charge in [0.1, 0.15) is 0 Å². The van der Waals surface area contributed by atoms with E-state index in [9.17, 15) is 4.79 Å². The summed E-state index contributed by atoms with van der Waals surface area (Å²) in [6.07, 6.45) is 3.48. The third kappa shape index (κ3) is 3.81. The SMILES string of the molecule is Cc1ccc(C)c(NC(=O)CN2CCCCC2CN)c1. The molecule has 2 rings (SSSR count). The highest BCUT2D eigenvalue weighted by Crippen LogP contribution is 2.18. The van der Waals surface area contributed by atoms with Gasteiger partial charge in [0, 0.05) is 18.3 Å². The van der Waals surface area contributed by atoms with Crippen LogP contribution in [0, 0.1) is 13.8 Å². The van der Waals surface area contributed by atoms with Crippen LogP contribution in [0.5, 0.6) is 0 Å². The molecule has 0 radical (unpaired) electrons. The van der Waals surface area contributed by atoms with Gasteiger partial charge >= 0.3 is 0 Å². The van der Waals surface area contributed by atoms with Gasteiger partial charge < -0.3 is 11.1 Å². The van der Waals surface area contributed by atoms with Crippen LogP contribution in [-0.2, 0) is 4.79 Å². The van der Waals surface area contributed by atoms with Crippen molar-refractivity contribution in [1.82, 2.24) is 4.90 Å². The van der Waals surface area contributed by atoms with Crippen LogP contribution in [0.3, 0.4) is 0 Å². The number of rotatable bonds is 4. The molecule has 1 heterocycles. The molecule has 3 N–H and O–H groups in total. The molecular weight excluding hydrogens is 250 g/mol. The minimum absolute atomic E-state index is 0.0547. The number of nitrogens with one attached hydrogen (secondary N) is 1. The number of amides is 1. The molecule has 1 fully saturated rings. The second kappa shape index (κ2) is 6.86. The Kier molecular flexibility index (Phi) is 5.15. The fourth-order valence-corrected chi connectivity index (χ4v) is 2.78. The second-order valence-corrected chi connectivity index (χ2v) is 5.72. The molecule has 0 saturated carbocycles. The third-order valence-electron chi connectivity index (χ3n) is 4.04. The van der Waals surface area contributed by atoms with Crippen molar-refractivity contribution in [3.8, 4) is 0 Å². The van der Waals surface area contributed by atoms with Crippen LogP contribution >= 0.6 is 0 Å². The van der Waals surface area contributed by atoms with Gasteiger partial charge in [0.2, 0.25) is 5.91 Å². The predicted octanol–water partition coefficient (Wildman–Crippen LogP) is 2.06. The first kappa shape index (κ1) is 15.0. The molecular formula is C16H25N3O. The van der Waals surface area contributed by atoms with Gasteiger partial charge in [-0.05, 0) is 50.4 Å². The normalized spacial score (nSPS) is 19.9. The molecule has 4 nitrogen and oxygen atoms in total. The van der Waals surface area contributed by atoms with E-state index in [2.05, 4.69) is 16.3 Å². The number of nitrogens with two attached hydrogens (primary N) is 1. The zero-order valence-electron chi connectivity index (χ0n) is 12.5. The van der Waals surface area contributed by atoms with Gasteiger partial charge in [-0.3, -0.25) is 9.69 Å². The molecule has 1 aliphatic rings.